The lowest BCUT2D eigenvalue weighted by Crippen LogP contribution is -2.46. The molecule has 0 N–H and O–H groups in total. The normalized spacial score (nSPS) is 23.3. The molecular formula is C14H20BrNO. The fourth-order valence-electron chi connectivity index (χ4n) is 2.28. The van der Waals surface area contributed by atoms with Crippen LogP contribution < -0.4 is 4.74 Å². The molecule has 1 aromatic rings. The average Bonchev–Trinajstić information content (AvgIpc) is 2.38. The number of alkyl halides is 1. The van der Waals surface area contributed by atoms with Crippen LogP contribution in [-0.4, -0.2) is 22.6 Å². The lowest BCUT2D eigenvalue weighted by molar-refractivity contribution is 0.00175. The maximum absolute atomic E-state index is 6.07. The molecule has 2 atom stereocenters. The van der Waals surface area contributed by atoms with Crippen molar-refractivity contribution in [2.24, 2.45) is 0 Å². The molecule has 0 amide bonds. The van der Waals surface area contributed by atoms with E-state index in [1.54, 1.807) is 0 Å². The maximum atomic E-state index is 6.07. The van der Waals surface area contributed by atoms with Gasteiger partial charge >= 0.3 is 0 Å². The van der Waals surface area contributed by atoms with Gasteiger partial charge in [0.2, 0.25) is 0 Å². The van der Waals surface area contributed by atoms with Gasteiger partial charge in [-0.05, 0) is 37.8 Å². The Balaban J connectivity index is 2.00. The standard InChI is InChI=1S/C14H20BrNO/c1-2-14(16-11-7-6-10-13(16)15)17-12-8-4-3-5-9-12/h3-5,8-9,13-14H,2,6-7,10-11H2,1H3. The molecule has 1 heterocycles. The first-order chi connectivity index (χ1) is 8.31. The average molecular weight is 298 g/mol. The van der Waals surface area contributed by atoms with Gasteiger partial charge in [-0.3, -0.25) is 4.90 Å². The van der Waals surface area contributed by atoms with Gasteiger partial charge in [-0.1, -0.05) is 41.1 Å². The van der Waals surface area contributed by atoms with E-state index < -0.39 is 0 Å². The Labute approximate surface area is 112 Å². The molecular weight excluding hydrogens is 278 g/mol. The minimum Gasteiger partial charge on any atom is -0.475 e. The molecule has 0 spiro atoms. The van der Waals surface area contributed by atoms with Gasteiger partial charge < -0.3 is 4.74 Å². The van der Waals surface area contributed by atoms with Crippen LogP contribution in [0.25, 0.3) is 0 Å². The van der Waals surface area contributed by atoms with Gasteiger partial charge in [-0.2, -0.15) is 0 Å². The lowest BCUT2D eigenvalue weighted by Gasteiger charge is -2.37. The van der Waals surface area contributed by atoms with E-state index in [0.717, 1.165) is 18.7 Å². The van der Waals surface area contributed by atoms with Crippen molar-refractivity contribution in [1.29, 1.82) is 0 Å². The molecule has 1 aliphatic heterocycles. The molecule has 17 heavy (non-hydrogen) atoms. The van der Waals surface area contributed by atoms with E-state index in [1.165, 1.54) is 19.3 Å². The zero-order chi connectivity index (χ0) is 12.1. The molecule has 2 rings (SSSR count). The third-order valence-electron chi connectivity index (χ3n) is 3.20. The first-order valence-electron chi connectivity index (χ1n) is 6.42. The minimum atomic E-state index is 0.182. The van der Waals surface area contributed by atoms with Gasteiger partial charge in [0.15, 0.2) is 6.23 Å². The van der Waals surface area contributed by atoms with Crippen LogP contribution in [0.15, 0.2) is 30.3 Å². The Morgan fingerprint density at radius 2 is 2.12 bits per heavy atom. The van der Waals surface area contributed by atoms with Crippen LogP contribution in [0, 0.1) is 0 Å². The fraction of sp³-hybridized carbons (Fsp3) is 0.571. The highest BCUT2D eigenvalue weighted by atomic mass is 79.9. The van der Waals surface area contributed by atoms with Crippen molar-refractivity contribution >= 4 is 15.9 Å². The number of rotatable bonds is 4. The molecule has 2 unspecified atom stereocenters. The van der Waals surface area contributed by atoms with E-state index in [9.17, 15) is 0 Å². The van der Waals surface area contributed by atoms with Crippen molar-refractivity contribution < 1.29 is 4.74 Å². The van der Waals surface area contributed by atoms with Gasteiger partial charge in [0.1, 0.15) is 5.75 Å². The summed E-state index contributed by atoms with van der Waals surface area (Å²) in [6, 6.07) is 10.1. The van der Waals surface area contributed by atoms with Crippen LogP contribution in [0.1, 0.15) is 32.6 Å². The van der Waals surface area contributed by atoms with Gasteiger partial charge in [0.05, 0.1) is 4.95 Å². The summed E-state index contributed by atoms with van der Waals surface area (Å²) in [5.41, 5.74) is 0. The van der Waals surface area contributed by atoms with E-state index >= 15 is 0 Å². The van der Waals surface area contributed by atoms with E-state index in [-0.39, 0.29) is 6.23 Å². The summed E-state index contributed by atoms with van der Waals surface area (Å²) in [6.07, 6.45) is 5.00. The Morgan fingerprint density at radius 3 is 2.76 bits per heavy atom. The summed E-state index contributed by atoms with van der Waals surface area (Å²) < 4.78 is 6.07. The quantitative estimate of drug-likeness (QED) is 0.615. The largest absolute Gasteiger partial charge is 0.475 e. The van der Waals surface area contributed by atoms with E-state index in [4.69, 9.17) is 4.74 Å². The number of piperidine rings is 1. The number of hydrogen-bond acceptors (Lipinski definition) is 2. The lowest BCUT2D eigenvalue weighted by atomic mass is 10.1. The smallest absolute Gasteiger partial charge is 0.153 e. The van der Waals surface area contributed by atoms with Gasteiger partial charge in [0.25, 0.3) is 0 Å². The van der Waals surface area contributed by atoms with Gasteiger partial charge in [-0.25, -0.2) is 0 Å². The molecule has 2 nitrogen and oxygen atoms in total. The molecule has 0 saturated carbocycles. The number of para-hydroxylation sites is 1. The molecule has 1 aromatic carbocycles. The molecule has 0 radical (unpaired) electrons. The zero-order valence-corrected chi connectivity index (χ0v) is 11.9. The molecule has 1 saturated heterocycles. The second kappa shape index (κ2) is 6.41. The van der Waals surface area contributed by atoms with E-state index in [1.807, 2.05) is 30.3 Å². The Morgan fingerprint density at radius 1 is 1.35 bits per heavy atom. The Hall–Kier alpha value is -0.540. The SMILES string of the molecule is CCC(Oc1ccccc1)N1CCCCC1Br. The van der Waals surface area contributed by atoms with Crippen molar-refractivity contribution in [3.8, 4) is 5.75 Å². The molecule has 3 heteroatoms. The molecule has 0 aromatic heterocycles. The first kappa shape index (κ1) is 12.9. The van der Waals surface area contributed by atoms with Crippen molar-refractivity contribution in [3.63, 3.8) is 0 Å². The Kier molecular flexibility index (Phi) is 4.86. The van der Waals surface area contributed by atoms with Crippen LogP contribution in [0.3, 0.4) is 0 Å². The molecule has 1 fully saturated rings. The summed E-state index contributed by atoms with van der Waals surface area (Å²) in [4.78, 5) is 2.89. The van der Waals surface area contributed by atoms with Crippen molar-refractivity contribution in [2.75, 3.05) is 6.54 Å². The molecule has 0 aliphatic carbocycles. The highest BCUT2D eigenvalue weighted by Crippen LogP contribution is 2.26. The number of nitrogens with zero attached hydrogens (tertiary/aromatic N) is 1. The summed E-state index contributed by atoms with van der Waals surface area (Å²) >= 11 is 3.76. The van der Waals surface area contributed by atoms with Crippen LogP contribution in [0.2, 0.25) is 0 Å². The number of likely N-dealkylation sites (tertiary alicyclic amines) is 1. The number of hydrogen-bond donors (Lipinski definition) is 0. The number of benzene rings is 1. The van der Waals surface area contributed by atoms with Crippen molar-refractivity contribution in [1.82, 2.24) is 4.90 Å². The number of ether oxygens (including phenoxy) is 1. The second-order valence-corrected chi connectivity index (χ2v) is 5.52. The van der Waals surface area contributed by atoms with E-state index in [2.05, 4.69) is 27.8 Å². The van der Waals surface area contributed by atoms with Crippen molar-refractivity contribution in [3.05, 3.63) is 30.3 Å². The summed E-state index contributed by atoms with van der Waals surface area (Å²) in [5.74, 6) is 0.963. The molecule has 94 valence electrons. The number of halogens is 1. The third-order valence-corrected chi connectivity index (χ3v) is 4.19. The monoisotopic (exact) mass is 297 g/mol. The maximum Gasteiger partial charge on any atom is 0.153 e. The summed E-state index contributed by atoms with van der Waals surface area (Å²) in [6.45, 7) is 3.31. The Bertz CT molecular complexity index is 330. The van der Waals surface area contributed by atoms with Crippen LogP contribution in [-0.2, 0) is 0 Å². The van der Waals surface area contributed by atoms with Gasteiger partial charge in [0, 0.05) is 6.54 Å². The molecule has 0 bridgehead atoms. The van der Waals surface area contributed by atoms with E-state index in [0.29, 0.717) is 4.95 Å². The summed E-state index contributed by atoms with van der Waals surface area (Å²) in [5, 5.41) is 0. The first-order valence-corrected chi connectivity index (χ1v) is 7.34. The second-order valence-electron chi connectivity index (χ2n) is 4.46. The predicted octanol–water partition coefficient (Wildman–Crippen LogP) is 4.01. The van der Waals surface area contributed by atoms with Gasteiger partial charge in [-0.15, -0.1) is 0 Å². The van der Waals surface area contributed by atoms with Crippen LogP contribution in [0.4, 0.5) is 0 Å². The highest BCUT2D eigenvalue weighted by molar-refractivity contribution is 9.09. The van der Waals surface area contributed by atoms with Crippen LogP contribution in [0.5, 0.6) is 5.75 Å². The predicted molar refractivity (Wildman–Crippen MR) is 74.4 cm³/mol. The van der Waals surface area contributed by atoms with Crippen molar-refractivity contribution in [2.45, 2.75) is 43.8 Å². The summed E-state index contributed by atoms with van der Waals surface area (Å²) in [7, 11) is 0. The topological polar surface area (TPSA) is 12.5 Å². The zero-order valence-electron chi connectivity index (χ0n) is 10.3. The van der Waals surface area contributed by atoms with Crippen LogP contribution >= 0.6 is 15.9 Å². The highest BCUT2D eigenvalue weighted by Gasteiger charge is 2.27. The minimum absolute atomic E-state index is 0.182. The molecule has 1 aliphatic rings. The fourth-order valence-corrected chi connectivity index (χ4v) is 3.07. The third kappa shape index (κ3) is 3.46.